The van der Waals surface area contributed by atoms with Crippen molar-refractivity contribution in [2.75, 3.05) is 0 Å². The maximum Gasteiger partial charge on any atom is 0.219 e. The van der Waals surface area contributed by atoms with Crippen LogP contribution in [-0.2, 0) is 0 Å². The molecule has 0 saturated carbocycles. The van der Waals surface area contributed by atoms with Crippen LogP contribution < -0.4 is 10.5 Å². The third-order valence-corrected chi connectivity index (χ3v) is 2.88. The Hall–Kier alpha value is -1.58. The van der Waals surface area contributed by atoms with E-state index in [0.29, 0.717) is 16.7 Å². The van der Waals surface area contributed by atoms with Crippen LogP contribution in [0.4, 0.5) is 0 Å². The van der Waals surface area contributed by atoms with Crippen LogP contribution in [-0.4, -0.2) is 4.98 Å². The number of nitrogens with two attached hydrogens (primary N) is 1. The lowest BCUT2D eigenvalue weighted by molar-refractivity contribution is 0.459. The second kappa shape index (κ2) is 5.38. The molecule has 94 valence electrons. The molecule has 0 amide bonds. The number of pyridine rings is 1. The Kier molecular flexibility index (Phi) is 3.84. The number of rotatable bonds is 3. The standard InChI is InChI=1S/C14H15ClN2O/c1-9-3-5-12(15)7-13(9)18-14-6-4-11(8-17-14)10(2)16/h3-8,10H,16H2,1-2H3. The van der Waals surface area contributed by atoms with E-state index < -0.39 is 0 Å². The second-order valence-electron chi connectivity index (χ2n) is 4.23. The highest BCUT2D eigenvalue weighted by molar-refractivity contribution is 6.30. The third kappa shape index (κ3) is 3.00. The summed E-state index contributed by atoms with van der Waals surface area (Å²) >= 11 is 5.93. The van der Waals surface area contributed by atoms with Gasteiger partial charge in [0, 0.05) is 23.3 Å². The molecule has 0 bridgehead atoms. The van der Waals surface area contributed by atoms with Crippen LogP contribution >= 0.6 is 11.6 Å². The summed E-state index contributed by atoms with van der Waals surface area (Å²) in [4.78, 5) is 4.22. The molecule has 0 aliphatic carbocycles. The summed E-state index contributed by atoms with van der Waals surface area (Å²) in [6, 6.07) is 9.20. The first-order valence-corrected chi connectivity index (χ1v) is 6.09. The van der Waals surface area contributed by atoms with Gasteiger partial charge >= 0.3 is 0 Å². The monoisotopic (exact) mass is 262 g/mol. The van der Waals surface area contributed by atoms with Gasteiger partial charge in [-0.25, -0.2) is 4.98 Å². The van der Waals surface area contributed by atoms with Crippen LogP contribution in [0.2, 0.25) is 5.02 Å². The third-order valence-electron chi connectivity index (χ3n) is 2.65. The highest BCUT2D eigenvalue weighted by Gasteiger charge is 2.05. The smallest absolute Gasteiger partial charge is 0.219 e. The molecule has 1 aromatic heterocycles. The van der Waals surface area contributed by atoms with E-state index in [4.69, 9.17) is 22.1 Å². The molecule has 18 heavy (non-hydrogen) atoms. The molecule has 1 unspecified atom stereocenters. The lowest BCUT2D eigenvalue weighted by Gasteiger charge is -2.09. The van der Waals surface area contributed by atoms with Crippen molar-refractivity contribution >= 4 is 11.6 Å². The molecule has 0 radical (unpaired) electrons. The Morgan fingerprint density at radius 3 is 2.67 bits per heavy atom. The van der Waals surface area contributed by atoms with Gasteiger partial charge in [-0.3, -0.25) is 0 Å². The van der Waals surface area contributed by atoms with Gasteiger partial charge in [0.2, 0.25) is 5.88 Å². The highest BCUT2D eigenvalue weighted by Crippen LogP contribution is 2.27. The zero-order valence-electron chi connectivity index (χ0n) is 10.4. The van der Waals surface area contributed by atoms with Crippen LogP contribution in [0.1, 0.15) is 24.1 Å². The normalized spacial score (nSPS) is 12.2. The van der Waals surface area contributed by atoms with Crippen molar-refractivity contribution in [1.29, 1.82) is 0 Å². The summed E-state index contributed by atoms with van der Waals surface area (Å²) in [5.41, 5.74) is 7.75. The summed E-state index contributed by atoms with van der Waals surface area (Å²) in [6.45, 7) is 3.88. The average molecular weight is 263 g/mol. The van der Waals surface area contributed by atoms with Crippen molar-refractivity contribution in [2.45, 2.75) is 19.9 Å². The van der Waals surface area contributed by atoms with Gasteiger partial charge in [-0.05, 0) is 37.1 Å². The summed E-state index contributed by atoms with van der Waals surface area (Å²) in [6.07, 6.45) is 1.72. The largest absolute Gasteiger partial charge is 0.439 e. The summed E-state index contributed by atoms with van der Waals surface area (Å²) in [7, 11) is 0. The summed E-state index contributed by atoms with van der Waals surface area (Å²) in [5, 5.41) is 0.641. The Balaban J connectivity index is 2.21. The van der Waals surface area contributed by atoms with Crippen molar-refractivity contribution in [2.24, 2.45) is 5.73 Å². The van der Waals surface area contributed by atoms with E-state index in [-0.39, 0.29) is 6.04 Å². The van der Waals surface area contributed by atoms with E-state index in [1.807, 2.05) is 32.0 Å². The van der Waals surface area contributed by atoms with Crippen molar-refractivity contribution in [3.63, 3.8) is 0 Å². The Morgan fingerprint density at radius 2 is 2.06 bits per heavy atom. The van der Waals surface area contributed by atoms with Gasteiger partial charge in [-0.1, -0.05) is 23.7 Å². The molecule has 0 spiro atoms. The Morgan fingerprint density at radius 1 is 1.28 bits per heavy atom. The van der Waals surface area contributed by atoms with Gasteiger partial charge in [0.05, 0.1) is 0 Å². The Labute approximate surface area is 112 Å². The van der Waals surface area contributed by atoms with Crippen LogP contribution in [0.3, 0.4) is 0 Å². The summed E-state index contributed by atoms with van der Waals surface area (Å²) in [5.74, 6) is 1.24. The van der Waals surface area contributed by atoms with E-state index in [0.717, 1.165) is 11.1 Å². The number of aromatic nitrogens is 1. The van der Waals surface area contributed by atoms with E-state index in [9.17, 15) is 0 Å². The molecular weight excluding hydrogens is 248 g/mol. The first-order valence-electron chi connectivity index (χ1n) is 5.72. The number of ether oxygens (including phenoxy) is 1. The SMILES string of the molecule is Cc1ccc(Cl)cc1Oc1ccc(C(C)N)cn1. The number of hydrogen-bond acceptors (Lipinski definition) is 3. The number of benzene rings is 1. The highest BCUT2D eigenvalue weighted by atomic mass is 35.5. The predicted molar refractivity (Wildman–Crippen MR) is 73.1 cm³/mol. The molecule has 1 heterocycles. The van der Waals surface area contributed by atoms with Crippen molar-refractivity contribution in [1.82, 2.24) is 4.98 Å². The van der Waals surface area contributed by atoms with E-state index in [1.165, 1.54) is 0 Å². The van der Waals surface area contributed by atoms with Gasteiger partial charge in [0.1, 0.15) is 5.75 Å². The molecule has 2 aromatic rings. The fraction of sp³-hybridized carbons (Fsp3) is 0.214. The fourth-order valence-corrected chi connectivity index (χ4v) is 1.68. The minimum Gasteiger partial charge on any atom is -0.439 e. The zero-order valence-corrected chi connectivity index (χ0v) is 11.1. The van der Waals surface area contributed by atoms with E-state index in [2.05, 4.69) is 4.98 Å². The molecule has 1 aromatic carbocycles. The maximum absolute atomic E-state index is 5.93. The van der Waals surface area contributed by atoms with Crippen molar-refractivity contribution < 1.29 is 4.74 Å². The maximum atomic E-state index is 5.93. The number of halogens is 1. The molecular formula is C14H15ClN2O. The minimum absolute atomic E-state index is 0.0283. The van der Waals surface area contributed by atoms with E-state index >= 15 is 0 Å². The molecule has 3 nitrogen and oxygen atoms in total. The lowest BCUT2D eigenvalue weighted by atomic mass is 10.2. The van der Waals surface area contributed by atoms with Gasteiger partial charge in [0.25, 0.3) is 0 Å². The molecule has 2 rings (SSSR count). The van der Waals surface area contributed by atoms with Gasteiger partial charge in [-0.15, -0.1) is 0 Å². The van der Waals surface area contributed by atoms with Gasteiger partial charge in [0.15, 0.2) is 0 Å². The molecule has 2 N–H and O–H groups in total. The first-order chi connectivity index (χ1) is 8.56. The average Bonchev–Trinajstić information content (AvgIpc) is 2.34. The zero-order chi connectivity index (χ0) is 13.1. The predicted octanol–water partition coefficient (Wildman–Crippen LogP) is 3.86. The number of nitrogens with zero attached hydrogens (tertiary/aromatic N) is 1. The van der Waals surface area contributed by atoms with Crippen molar-refractivity contribution in [3.05, 3.63) is 52.7 Å². The first kappa shape index (κ1) is 12.9. The number of aryl methyl sites for hydroxylation is 1. The molecule has 1 atom stereocenters. The summed E-state index contributed by atoms with van der Waals surface area (Å²) < 4.78 is 5.69. The Bertz CT molecular complexity index is 538. The van der Waals surface area contributed by atoms with Gasteiger partial charge in [-0.2, -0.15) is 0 Å². The lowest BCUT2D eigenvalue weighted by Crippen LogP contribution is -2.05. The van der Waals surface area contributed by atoms with Crippen LogP contribution in [0.25, 0.3) is 0 Å². The van der Waals surface area contributed by atoms with E-state index in [1.54, 1.807) is 18.3 Å². The second-order valence-corrected chi connectivity index (χ2v) is 4.67. The van der Waals surface area contributed by atoms with Gasteiger partial charge < -0.3 is 10.5 Å². The van der Waals surface area contributed by atoms with Crippen LogP contribution in [0, 0.1) is 6.92 Å². The minimum atomic E-state index is -0.0283. The molecule has 4 heteroatoms. The number of hydrogen-bond donors (Lipinski definition) is 1. The molecule has 0 aliphatic rings. The van der Waals surface area contributed by atoms with Crippen molar-refractivity contribution in [3.8, 4) is 11.6 Å². The molecule has 0 aliphatic heterocycles. The van der Waals surface area contributed by atoms with Crippen LogP contribution in [0.5, 0.6) is 11.6 Å². The molecule has 0 fully saturated rings. The van der Waals surface area contributed by atoms with Crippen LogP contribution in [0.15, 0.2) is 36.5 Å². The topological polar surface area (TPSA) is 48.1 Å². The fourth-order valence-electron chi connectivity index (χ4n) is 1.52. The molecule has 0 saturated heterocycles. The quantitative estimate of drug-likeness (QED) is 0.914.